The Bertz CT molecular complexity index is 1280. The number of nitrogens with one attached hydrogen (secondary N) is 1. The molecule has 3 aromatic rings. The van der Waals surface area contributed by atoms with Gasteiger partial charge in [0.15, 0.2) is 17.3 Å². The molecule has 9 nitrogen and oxygen atoms in total. The molecule has 0 radical (unpaired) electrons. The Hall–Kier alpha value is -4.01. The van der Waals surface area contributed by atoms with Gasteiger partial charge >= 0.3 is 6.03 Å². The maximum absolute atomic E-state index is 13.3. The van der Waals surface area contributed by atoms with Crippen LogP contribution in [0.5, 0.6) is 17.2 Å². The van der Waals surface area contributed by atoms with Crippen molar-refractivity contribution >= 4 is 23.4 Å². The highest BCUT2D eigenvalue weighted by molar-refractivity contribution is 6.18. The highest BCUT2D eigenvalue weighted by Crippen LogP contribution is 2.48. The summed E-state index contributed by atoms with van der Waals surface area (Å²) in [5, 5.41) is 7.70. The molecule has 2 amide bonds. The van der Waals surface area contributed by atoms with E-state index in [4.69, 9.17) is 24.3 Å². The lowest BCUT2D eigenvalue weighted by Crippen LogP contribution is -2.42. The molecule has 2 aliphatic heterocycles. The molecule has 1 N–H and O–H groups in total. The van der Waals surface area contributed by atoms with E-state index in [1.807, 2.05) is 53.3 Å². The van der Waals surface area contributed by atoms with Crippen molar-refractivity contribution < 1.29 is 19.0 Å². The summed E-state index contributed by atoms with van der Waals surface area (Å²) in [6, 6.07) is 12.8. The zero-order chi connectivity index (χ0) is 24.9. The van der Waals surface area contributed by atoms with Gasteiger partial charge in [-0.25, -0.2) is 14.5 Å². The normalized spacial score (nSPS) is 19.0. The van der Waals surface area contributed by atoms with Crippen LogP contribution in [0.2, 0.25) is 0 Å². The first kappa shape index (κ1) is 22.8. The van der Waals surface area contributed by atoms with E-state index in [2.05, 4.69) is 26.1 Å². The fourth-order valence-corrected chi connectivity index (χ4v) is 4.86. The summed E-state index contributed by atoms with van der Waals surface area (Å²) < 4.78 is 18.7. The van der Waals surface area contributed by atoms with Crippen LogP contribution in [0.3, 0.4) is 0 Å². The first-order chi connectivity index (χ1) is 16.8. The number of urea groups is 1. The van der Waals surface area contributed by atoms with Crippen LogP contribution in [-0.4, -0.2) is 49.0 Å². The highest BCUT2D eigenvalue weighted by atomic mass is 16.5. The fraction of sp³-hybridized carbons (Fsp3) is 0.346. The molecule has 2 aromatic carbocycles. The van der Waals surface area contributed by atoms with E-state index in [0.29, 0.717) is 23.1 Å². The number of fused-ring (bicyclic) bond motifs is 2. The number of para-hydroxylation sites is 1. The third-order valence-corrected chi connectivity index (χ3v) is 6.38. The fourth-order valence-electron chi connectivity index (χ4n) is 4.86. The molecule has 0 saturated carbocycles. The number of aliphatic imine (C=N–C) groups is 1. The number of amides is 2. The van der Waals surface area contributed by atoms with E-state index in [1.165, 1.54) is 0 Å². The number of carbonyl (C=O) groups excluding carboxylic acids is 1. The molecule has 35 heavy (non-hydrogen) atoms. The van der Waals surface area contributed by atoms with E-state index >= 15 is 0 Å². The van der Waals surface area contributed by atoms with Crippen LogP contribution in [0, 0.1) is 0 Å². The smallest absolute Gasteiger partial charge is 0.328 e. The van der Waals surface area contributed by atoms with Gasteiger partial charge in [-0.05, 0) is 50.6 Å². The standard InChI is InChI=1S/C26H29N5O4/c1-26(2,3)31-24-17(14-27-31)20(15-12-18(33-4)22(35-6)19(13-15)34-5)21-23(28-24)29-25(32)30(21)16-10-8-7-9-11-16/h7-14,20-21H,1-6H3,(H,28,29,32). The summed E-state index contributed by atoms with van der Waals surface area (Å²) in [5.74, 6) is 2.60. The Kier molecular flexibility index (Phi) is 5.42. The van der Waals surface area contributed by atoms with Gasteiger partial charge < -0.3 is 14.2 Å². The largest absolute Gasteiger partial charge is 0.493 e. The van der Waals surface area contributed by atoms with Crippen molar-refractivity contribution in [2.24, 2.45) is 4.99 Å². The van der Waals surface area contributed by atoms with Gasteiger partial charge in [0.1, 0.15) is 11.9 Å². The SMILES string of the molecule is COc1cc(C2c3cnn(C(C)(C)C)c3N=C3NC(=O)N(c4ccccc4)C32)cc(OC)c1OC. The van der Waals surface area contributed by atoms with Crippen LogP contribution in [0.4, 0.5) is 16.3 Å². The summed E-state index contributed by atoms with van der Waals surface area (Å²) in [4.78, 5) is 19.9. The number of ether oxygens (including phenoxy) is 3. The molecular weight excluding hydrogens is 446 g/mol. The molecule has 0 bridgehead atoms. The first-order valence-electron chi connectivity index (χ1n) is 11.4. The average molecular weight is 476 g/mol. The van der Waals surface area contributed by atoms with Gasteiger partial charge in [-0.3, -0.25) is 10.2 Å². The van der Waals surface area contributed by atoms with Gasteiger partial charge in [-0.15, -0.1) is 0 Å². The number of aromatic nitrogens is 2. The Morgan fingerprint density at radius 1 is 0.971 bits per heavy atom. The molecule has 1 fully saturated rings. The molecule has 5 rings (SSSR count). The Labute approximate surface area is 204 Å². The second-order valence-corrected chi connectivity index (χ2v) is 9.52. The van der Waals surface area contributed by atoms with Crippen LogP contribution < -0.4 is 24.4 Å². The summed E-state index contributed by atoms with van der Waals surface area (Å²) in [6.07, 6.45) is 1.85. The molecule has 1 aromatic heterocycles. The third kappa shape index (κ3) is 3.58. The minimum absolute atomic E-state index is 0.224. The molecule has 0 aliphatic carbocycles. The van der Waals surface area contributed by atoms with Gasteiger partial charge in [0.05, 0.1) is 33.1 Å². The molecule has 9 heteroatoms. The molecular formula is C26H29N5O4. The van der Waals surface area contributed by atoms with Gasteiger partial charge in [0.25, 0.3) is 0 Å². The summed E-state index contributed by atoms with van der Waals surface area (Å²) in [6.45, 7) is 6.22. The van der Waals surface area contributed by atoms with E-state index in [0.717, 1.165) is 22.6 Å². The van der Waals surface area contributed by atoms with Crippen LogP contribution in [0.15, 0.2) is 53.7 Å². The summed E-state index contributed by atoms with van der Waals surface area (Å²) in [5.41, 5.74) is 2.29. The van der Waals surface area contributed by atoms with Crippen molar-refractivity contribution in [3.05, 3.63) is 59.8 Å². The number of amidine groups is 1. The lowest BCUT2D eigenvalue weighted by molar-refractivity contribution is 0.252. The van der Waals surface area contributed by atoms with Crippen molar-refractivity contribution in [1.29, 1.82) is 0 Å². The van der Waals surface area contributed by atoms with Crippen LogP contribution in [-0.2, 0) is 5.54 Å². The monoisotopic (exact) mass is 475 g/mol. The van der Waals surface area contributed by atoms with Crippen molar-refractivity contribution in [1.82, 2.24) is 15.1 Å². The molecule has 2 atom stereocenters. The molecule has 182 valence electrons. The van der Waals surface area contributed by atoms with Crippen LogP contribution in [0.1, 0.15) is 37.8 Å². The minimum atomic E-state index is -0.405. The van der Waals surface area contributed by atoms with Crippen molar-refractivity contribution in [2.75, 3.05) is 26.2 Å². The lowest BCUT2D eigenvalue weighted by atomic mass is 9.83. The number of hydrogen-bond donors (Lipinski definition) is 1. The molecule has 2 aliphatic rings. The predicted octanol–water partition coefficient (Wildman–Crippen LogP) is 4.44. The van der Waals surface area contributed by atoms with E-state index in [1.54, 1.807) is 26.2 Å². The number of rotatable bonds is 5. The second-order valence-electron chi connectivity index (χ2n) is 9.52. The predicted molar refractivity (Wildman–Crippen MR) is 133 cm³/mol. The van der Waals surface area contributed by atoms with Gasteiger partial charge in [0, 0.05) is 17.2 Å². The van der Waals surface area contributed by atoms with Crippen LogP contribution in [0.25, 0.3) is 0 Å². The number of nitrogens with zero attached hydrogens (tertiary/aromatic N) is 4. The van der Waals surface area contributed by atoms with E-state index in [9.17, 15) is 4.79 Å². The molecule has 0 spiro atoms. The maximum Gasteiger partial charge on any atom is 0.328 e. The molecule has 2 unspecified atom stereocenters. The first-order valence-corrected chi connectivity index (χ1v) is 11.4. The van der Waals surface area contributed by atoms with Crippen molar-refractivity contribution in [2.45, 2.75) is 38.3 Å². The maximum atomic E-state index is 13.3. The second kappa shape index (κ2) is 8.33. The summed E-state index contributed by atoms with van der Waals surface area (Å²) in [7, 11) is 4.76. The Morgan fingerprint density at radius 2 is 1.63 bits per heavy atom. The minimum Gasteiger partial charge on any atom is -0.493 e. The van der Waals surface area contributed by atoms with Gasteiger partial charge in [-0.2, -0.15) is 5.10 Å². The molecule has 3 heterocycles. The zero-order valence-electron chi connectivity index (χ0n) is 20.7. The van der Waals surface area contributed by atoms with Crippen LogP contribution >= 0.6 is 0 Å². The van der Waals surface area contributed by atoms with E-state index < -0.39 is 6.04 Å². The van der Waals surface area contributed by atoms with Crippen molar-refractivity contribution in [3.8, 4) is 17.2 Å². The zero-order valence-corrected chi connectivity index (χ0v) is 20.7. The van der Waals surface area contributed by atoms with E-state index in [-0.39, 0.29) is 17.5 Å². The number of hydrogen-bond acceptors (Lipinski definition) is 6. The number of anilines is 1. The van der Waals surface area contributed by atoms with Gasteiger partial charge in [0.2, 0.25) is 5.75 Å². The number of carbonyl (C=O) groups is 1. The average Bonchev–Trinajstić information content (AvgIpc) is 3.42. The summed E-state index contributed by atoms with van der Waals surface area (Å²) >= 11 is 0. The molecule has 1 saturated heterocycles. The quantitative estimate of drug-likeness (QED) is 0.589. The Balaban J connectivity index is 1.77. The highest BCUT2D eigenvalue weighted by Gasteiger charge is 2.48. The van der Waals surface area contributed by atoms with Crippen molar-refractivity contribution in [3.63, 3.8) is 0 Å². The third-order valence-electron chi connectivity index (χ3n) is 6.38. The number of methoxy groups -OCH3 is 3. The topological polar surface area (TPSA) is 90.2 Å². The lowest BCUT2D eigenvalue weighted by Gasteiger charge is -2.34. The van der Waals surface area contributed by atoms with Gasteiger partial charge in [-0.1, -0.05) is 18.2 Å². The Morgan fingerprint density at radius 3 is 2.20 bits per heavy atom. The number of benzene rings is 2.